The van der Waals surface area contributed by atoms with Gasteiger partial charge in [0.15, 0.2) is 0 Å². The molecule has 2 aromatic carbocycles. The molecule has 0 fully saturated rings. The van der Waals surface area contributed by atoms with Crippen LogP contribution in [0.25, 0.3) is 0 Å². The fourth-order valence-corrected chi connectivity index (χ4v) is 2.67. The van der Waals surface area contributed by atoms with E-state index in [1.54, 1.807) is 6.07 Å². The van der Waals surface area contributed by atoms with Crippen molar-refractivity contribution in [3.63, 3.8) is 0 Å². The molecule has 104 valence electrons. The van der Waals surface area contributed by atoms with Gasteiger partial charge in [0.2, 0.25) is 0 Å². The number of carboxylic acids is 1. The van der Waals surface area contributed by atoms with Crippen LogP contribution in [-0.4, -0.2) is 11.1 Å². The third kappa shape index (κ3) is 4.17. The van der Waals surface area contributed by atoms with Gasteiger partial charge in [-0.1, -0.05) is 46.3 Å². The fraction of sp³-hybridized carbons (Fsp3) is 0.188. The number of aliphatic carboxylic acids is 1. The first-order chi connectivity index (χ1) is 9.54. The summed E-state index contributed by atoms with van der Waals surface area (Å²) in [6.45, 7) is 0. The molecular formula is C16H14BrFO2. The largest absolute Gasteiger partial charge is 0.481 e. The SMILES string of the molecule is O=C(O)C(Cc1ccccc1)Cc1cc(F)cc(Br)c1. The van der Waals surface area contributed by atoms with Crippen molar-refractivity contribution in [2.45, 2.75) is 12.8 Å². The molecule has 1 unspecified atom stereocenters. The molecule has 0 spiro atoms. The molecular weight excluding hydrogens is 323 g/mol. The van der Waals surface area contributed by atoms with E-state index in [1.807, 2.05) is 30.3 Å². The van der Waals surface area contributed by atoms with Crippen molar-refractivity contribution < 1.29 is 14.3 Å². The first kappa shape index (κ1) is 14.7. The quantitative estimate of drug-likeness (QED) is 0.893. The van der Waals surface area contributed by atoms with Crippen molar-refractivity contribution in [3.05, 3.63) is 69.9 Å². The van der Waals surface area contributed by atoms with E-state index in [1.165, 1.54) is 12.1 Å². The van der Waals surface area contributed by atoms with Crippen LogP contribution in [0.2, 0.25) is 0 Å². The van der Waals surface area contributed by atoms with Gasteiger partial charge in [0, 0.05) is 4.47 Å². The standard InChI is InChI=1S/C16H14BrFO2/c17-14-8-12(9-15(18)10-14)7-13(16(19)20)6-11-4-2-1-3-5-11/h1-5,8-10,13H,6-7H2,(H,19,20). The Labute approximate surface area is 125 Å². The zero-order valence-corrected chi connectivity index (χ0v) is 12.3. The highest BCUT2D eigenvalue weighted by atomic mass is 79.9. The Hall–Kier alpha value is -1.68. The Kier molecular flexibility index (Phi) is 4.90. The third-order valence-corrected chi connectivity index (χ3v) is 3.54. The predicted molar refractivity (Wildman–Crippen MR) is 79.1 cm³/mol. The van der Waals surface area contributed by atoms with Crippen molar-refractivity contribution in [1.82, 2.24) is 0 Å². The van der Waals surface area contributed by atoms with Crippen LogP contribution in [0.1, 0.15) is 11.1 Å². The lowest BCUT2D eigenvalue weighted by molar-refractivity contribution is -0.141. The van der Waals surface area contributed by atoms with Crippen molar-refractivity contribution in [1.29, 1.82) is 0 Å². The van der Waals surface area contributed by atoms with E-state index in [0.717, 1.165) is 5.56 Å². The van der Waals surface area contributed by atoms with Crippen molar-refractivity contribution in [2.24, 2.45) is 5.92 Å². The van der Waals surface area contributed by atoms with E-state index in [-0.39, 0.29) is 5.82 Å². The summed E-state index contributed by atoms with van der Waals surface area (Å²) >= 11 is 3.22. The molecule has 0 aromatic heterocycles. The van der Waals surface area contributed by atoms with Crippen LogP contribution in [0.5, 0.6) is 0 Å². The molecule has 0 heterocycles. The second-order valence-corrected chi connectivity index (χ2v) is 5.62. The molecule has 1 N–H and O–H groups in total. The summed E-state index contributed by atoms with van der Waals surface area (Å²) in [5.41, 5.74) is 1.65. The average Bonchev–Trinajstić information content (AvgIpc) is 2.38. The molecule has 0 aliphatic carbocycles. The van der Waals surface area contributed by atoms with Gasteiger partial charge in [-0.2, -0.15) is 0 Å². The Morgan fingerprint density at radius 3 is 2.35 bits per heavy atom. The molecule has 2 nitrogen and oxygen atoms in total. The number of hydrogen-bond acceptors (Lipinski definition) is 1. The lowest BCUT2D eigenvalue weighted by Gasteiger charge is -2.13. The van der Waals surface area contributed by atoms with Crippen LogP contribution in [0.3, 0.4) is 0 Å². The maximum absolute atomic E-state index is 13.3. The van der Waals surface area contributed by atoms with Crippen LogP contribution >= 0.6 is 15.9 Å². The molecule has 4 heteroatoms. The van der Waals surface area contributed by atoms with Crippen molar-refractivity contribution in [3.8, 4) is 0 Å². The van der Waals surface area contributed by atoms with E-state index in [4.69, 9.17) is 0 Å². The Morgan fingerprint density at radius 2 is 1.75 bits per heavy atom. The smallest absolute Gasteiger partial charge is 0.307 e. The molecule has 0 saturated carbocycles. The topological polar surface area (TPSA) is 37.3 Å². The number of carbonyl (C=O) groups is 1. The van der Waals surface area contributed by atoms with Crippen LogP contribution in [0.15, 0.2) is 53.0 Å². The molecule has 0 bridgehead atoms. The molecule has 0 saturated heterocycles. The van der Waals surface area contributed by atoms with Gasteiger partial charge in [0.25, 0.3) is 0 Å². The second kappa shape index (κ2) is 6.66. The zero-order chi connectivity index (χ0) is 14.5. The van der Waals surface area contributed by atoms with Gasteiger partial charge < -0.3 is 5.11 Å². The Morgan fingerprint density at radius 1 is 1.10 bits per heavy atom. The van der Waals surface area contributed by atoms with Crippen LogP contribution in [0, 0.1) is 11.7 Å². The number of benzene rings is 2. The van der Waals surface area contributed by atoms with Gasteiger partial charge in [-0.15, -0.1) is 0 Å². The van der Waals surface area contributed by atoms with E-state index in [0.29, 0.717) is 22.9 Å². The van der Waals surface area contributed by atoms with Gasteiger partial charge >= 0.3 is 5.97 Å². The maximum atomic E-state index is 13.3. The van der Waals surface area contributed by atoms with E-state index >= 15 is 0 Å². The van der Waals surface area contributed by atoms with Gasteiger partial charge in [-0.3, -0.25) is 4.79 Å². The van der Waals surface area contributed by atoms with Gasteiger partial charge in [0.05, 0.1) is 5.92 Å². The highest BCUT2D eigenvalue weighted by Crippen LogP contribution is 2.20. The molecule has 0 aliphatic heterocycles. The summed E-state index contributed by atoms with van der Waals surface area (Å²) < 4.78 is 14.0. The average molecular weight is 337 g/mol. The lowest BCUT2D eigenvalue weighted by Crippen LogP contribution is -2.19. The van der Waals surface area contributed by atoms with Gasteiger partial charge in [-0.05, 0) is 42.2 Å². The summed E-state index contributed by atoms with van der Waals surface area (Å²) in [4.78, 5) is 11.4. The summed E-state index contributed by atoms with van der Waals surface area (Å²) in [5.74, 6) is -1.79. The second-order valence-electron chi connectivity index (χ2n) is 4.71. The first-order valence-electron chi connectivity index (χ1n) is 6.26. The predicted octanol–water partition coefficient (Wildman–Crippen LogP) is 4.07. The summed E-state index contributed by atoms with van der Waals surface area (Å²) in [7, 11) is 0. The van der Waals surface area contributed by atoms with Crippen LogP contribution < -0.4 is 0 Å². The normalized spacial score (nSPS) is 12.1. The third-order valence-electron chi connectivity index (χ3n) is 3.08. The maximum Gasteiger partial charge on any atom is 0.307 e. The first-order valence-corrected chi connectivity index (χ1v) is 7.05. The number of halogens is 2. The zero-order valence-electron chi connectivity index (χ0n) is 10.7. The van der Waals surface area contributed by atoms with E-state index < -0.39 is 11.9 Å². The van der Waals surface area contributed by atoms with Crippen LogP contribution in [0.4, 0.5) is 4.39 Å². The molecule has 2 aromatic rings. The molecule has 20 heavy (non-hydrogen) atoms. The monoisotopic (exact) mass is 336 g/mol. The lowest BCUT2D eigenvalue weighted by atomic mass is 9.92. The summed E-state index contributed by atoms with van der Waals surface area (Å²) in [5, 5.41) is 9.33. The minimum atomic E-state index is -0.866. The highest BCUT2D eigenvalue weighted by molar-refractivity contribution is 9.10. The van der Waals surface area contributed by atoms with Gasteiger partial charge in [0.1, 0.15) is 5.82 Å². The van der Waals surface area contributed by atoms with E-state index in [9.17, 15) is 14.3 Å². The number of carboxylic acid groups (broad SMARTS) is 1. The number of rotatable bonds is 5. The van der Waals surface area contributed by atoms with Crippen LogP contribution in [-0.2, 0) is 17.6 Å². The molecule has 0 aliphatic rings. The molecule has 1 atom stereocenters. The van der Waals surface area contributed by atoms with E-state index in [2.05, 4.69) is 15.9 Å². The molecule has 0 radical (unpaired) electrons. The summed E-state index contributed by atoms with van der Waals surface area (Å²) in [6, 6.07) is 13.9. The van der Waals surface area contributed by atoms with Crippen molar-refractivity contribution in [2.75, 3.05) is 0 Å². The Bertz CT molecular complexity index is 578. The van der Waals surface area contributed by atoms with Gasteiger partial charge in [-0.25, -0.2) is 4.39 Å². The minimum absolute atomic E-state index is 0.306. The fourth-order valence-electron chi connectivity index (χ4n) is 2.16. The summed E-state index contributed by atoms with van der Waals surface area (Å²) in [6.07, 6.45) is 0.741. The number of hydrogen-bond donors (Lipinski definition) is 1. The Balaban J connectivity index is 2.15. The molecule has 0 amide bonds. The molecule has 2 rings (SSSR count). The minimum Gasteiger partial charge on any atom is -0.481 e. The highest BCUT2D eigenvalue weighted by Gasteiger charge is 2.19. The van der Waals surface area contributed by atoms with Crippen molar-refractivity contribution >= 4 is 21.9 Å².